The summed E-state index contributed by atoms with van der Waals surface area (Å²) in [5.41, 5.74) is 1.18. The lowest BCUT2D eigenvalue weighted by atomic mass is 9.71. The Kier molecular flexibility index (Phi) is 4.79. The summed E-state index contributed by atoms with van der Waals surface area (Å²) in [4.78, 5) is 4.68. The minimum absolute atomic E-state index is 0.547. The van der Waals surface area contributed by atoms with Gasteiger partial charge in [-0.05, 0) is 56.2 Å². The highest BCUT2D eigenvalue weighted by Gasteiger charge is 2.34. The molecule has 2 aliphatic rings. The van der Waals surface area contributed by atoms with Crippen LogP contribution in [-0.2, 0) is 0 Å². The van der Waals surface area contributed by atoms with Crippen molar-refractivity contribution in [3.05, 3.63) is 24.0 Å². The lowest BCUT2D eigenvalue weighted by Gasteiger charge is -2.36. The highest BCUT2D eigenvalue weighted by atomic mass is 16.5. The molecule has 1 aromatic rings. The van der Waals surface area contributed by atoms with E-state index >= 15 is 0 Å². The van der Waals surface area contributed by atoms with E-state index in [2.05, 4.69) is 23.3 Å². The molecular weight excluding hydrogens is 260 g/mol. The molecule has 1 heterocycles. The average molecular weight is 288 g/mol. The fraction of sp³-hybridized carbons (Fsp3) is 0.722. The molecule has 21 heavy (non-hydrogen) atoms. The maximum absolute atomic E-state index is 5.57. The Hall–Kier alpha value is -1.09. The van der Waals surface area contributed by atoms with Crippen LogP contribution < -0.4 is 10.1 Å². The molecule has 3 atom stereocenters. The number of hydrogen-bond donors (Lipinski definition) is 1. The Morgan fingerprint density at radius 2 is 2.14 bits per heavy atom. The minimum Gasteiger partial charge on any atom is -0.495 e. The van der Waals surface area contributed by atoms with Gasteiger partial charge in [-0.1, -0.05) is 19.8 Å². The highest BCUT2D eigenvalue weighted by Crippen LogP contribution is 2.43. The molecular formula is C18H28N2O. The van der Waals surface area contributed by atoms with Gasteiger partial charge in [-0.2, -0.15) is 0 Å². The smallest absolute Gasteiger partial charge is 0.140 e. The molecule has 0 aliphatic heterocycles. The van der Waals surface area contributed by atoms with Crippen LogP contribution in [0.4, 0.5) is 0 Å². The van der Waals surface area contributed by atoms with E-state index in [1.165, 1.54) is 44.2 Å². The first-order chi connectivity index (χ1) is 10.3. The SMILES string of the molecule is CCC1CCC(CNC2CC2)C(c2ncccc2OC)C1. The molecule has 2 fully saturated rings. The average Bonchev–Trinajstić information content (AvgIpc) is 3.37. The summed E-state index contributed by atoms with van der Waals surface area (Å²) in [7, 11) is 1.76. The third kappa shape index (κ3) is 3.57. The van der Waals surface area contributed by atoms with Crippen LogP contribution in [0.5, 0.6) is 5.75 Å². The van der Waals surface area contributed by atoms with Crippen molar-refractivity contribution >= 4 is 0 Å². The molecule has 3 heteroatoms. The zero-order valence-corrected chi connectivity index (χ0v) is 13.3. The van der Waals surface area contributed by atoms with Crippen LogP contribution in [0.25, 0.3) is 0 Å². The highest BCUT2D eigenvalue weighted by molar-refractivity contribution is 5.31. The Balaban J connectivity index is 1.77. The maximum atomic E-state index is 5.57. The van der Waals surface area contributed by atoms with Gasteiger partial charge in [0.2, 0.25) is 0 Å². The van der Waals surface area contributed by atoms with Crippen molar-refractivity contribution in [3.8, 4) is 5.75 Å². The molecule has 0 spiro atoms. The molecule has 0 amide bonds. The van der Waals surface area contributed by atoms with Crippen LogP contribution in [0, 0.1) is 11.8 Å². The van der Waals surface area contributed by atoms with Crippen molar-refractivity contribution in [2.75, 3.05) is 13.7 Å². The number of methoxy groups -OCH3 is 1. The second kappa shape index (κ2) is 6.78. The van der Waals surface area contributed by atoms with Crippen molar-refractivity contribution in [1.82, 2.24) is 10.3 Å². The van der Waals surface area contributed by atoms with Crippen molar-refractivity contribution in [2.45, 2.75) is 57.4 Å². The summed E-state index contributed by atoms with van der Waals surface area (Å²) < 4.78 is 5.57. The van der Waals surface area contributed by atoms with Gasteiger partial charge in [-0.25, -0.2) is 0 Å². The van der Waals surface area contributed by atoms with Crippen LogP contribution in [0.3, 0.4) is 0 Å². The number of rotatable bonds is 6. The number of ether oxygens (including phenoxy) is 1. The van der Waals surface area contributed by atoms with Gasteiger partial charge in [-0.3, -0.25) is 4.98 Å². The molecule has 2 aliphatic carbocycles. The normalized spacial score (nSPS) is 29.3. The van der Waals surface area contributed by atoms with Gasteiger partial charge < -0.3 is 10.1 Å². The zero-order chi connectivity index (χ0) is 14.7. The van der Waals surface area contributed by atoms with E-state index in [-0.39, 0.29) is 0 Å². The first-order valence-electron chi connectivity index (χ1n) is 8.54. The predicted octanol–water partition coefficient (Wildman–Crippen LogP) is 3.75. The molecule has 3 unspecified atom stereocenters. The van der Waals surface area contributed by atoms with Gasteiger partial charge in [0.25, 0.3) is 0 Å². The van der Waals surface area contributed by atoms with Crippen LogP contribution in [0.1, 0.15) is 57.1 Å². The molecule has 1 aromatic heterocycles. The van der Waals surface area contributed by atoms with E-state index in [1.54, 1.807) is 7.11 Å². The molecule has 0 aromatic carbocycles. The number of aromatic nitrogens is 1. The van der Waals surface area contributed by atoms with Gasteiger partial charge >= 0.3 is 0 Å². The van der Waals surface area contributed by atoms with E-state index in [9.17, 15) is 0 Å². The van der Waals surface area contributed by atoms with Crippen LogP contribution in [0.15, 0.2) is 18.3 Å². The second-order valence-corrected chi connectivity index (χ2v) is 6.73. The number of pyridine rings is 1. The summed E-state index contributed by atoms with van der Waals surface area (Å²) in [6.07, 6.45) is 9.89. The van der Waals surface area contributed by atoms with Crippen molar-refractivity contribution < 1.29 is 4.74 Å². The largest absolute Gasteiger partial charge is 0.495 e. The summed E-state index contributed by atoms with van der Waals surface area (Å²) >= 11 is 0. The van der Waals surface area contributed by atoms with Gasteiger partial charge in [0, 0.05) is 18.2 Å². The van der Waals surface area contributed by atoms with Crippen molar-refractivity contribution in [3.63, 3.8) is 0 Å². The summed E-state index contributed by atoms with van der Waals surface area (Å²) in [5, 5.41) is 3.73. The van der Waals surface area contributed by atoms with Gasteiger partial charge in [-0.15, -0.1) is 0 Å². The van der Waals surface area contributed by atoms with Crippen LogP contribution in [-0.4, -0.2) is 24.7 Å². The predicted molar refractivity (Wildman–Crippen MR) is 85.7 cm³/mol. The monoisotopic (exact) mass is 288 g/mol. The zero-order valence-electron chi connectivity index (χ0n) is 13.3. The fourth-order valence-electron chi connectivity index (χ4n) is 3.73. The Morgan fingerprint density at radius 3 is 2.86 bits per heavy atom. The van der Waals surface area contributed by atoms with Gasteiger partial charge in [0.15, 0.2) is 0 Å². The van der Waals surface area contributed by atoms with Crippen molar-refractivity contribution in [1.29, 1.82) is 0 Å². The molecule has 0 radical (unpaired) electrons. The topological polar surface area (TPSA) is 34.2 Å². The molecule has 116 valence electrons. The lowest BCUT2D eigenvalue weighted by molar-refractivity contribution is 0.218. The van der Waals surface area contributed by atoms with Crippen molar-refractivity contribution in [2.24, 2.45) is 11.8 Å². The molecule has 1 N–H and O–H groups in total. The Labute approximate surface area is 128 Å². The van der Waals surface area contributed by atoms with Crippen LogP contribution in [0.2, 0.25) is 0 Å². The number of nitrogens with one attached hydrogen (secondary N) is 1. The van der Waals surface area contributed by atoms with E-state index in [0.29, 0.717) is 11.8 Å². The minimum atomic E-state index is 0.547. The Bertz CT molecular complexity index is 458. The third-order valence-electron chi connectivity index (χ3n) is 5.30. The standard InChI is InChI=1S/C18H28N2O/c1-3-13-6-7-14(12-20-15-8-9-15)16(11-13)18-17(21-2)5-4-10-19-18/h4-5,10,13-16,20H,3,6-9,11-12H2,1-2H3. The van der Waals surface area contributed by atoms with Gasteiger partial charge in [0.1, 0.15) is 5.75 Å². The lowest BCUT2D eigenvalue weighted by Crippen LogP contribution is -2.33. The summed E-state index contributed by atoms with van der Waals surface area (Å²) in [6.45, 7) is 3.46. The molecule has 2 saturated carbocycles. The molecule has 3 rings (SSSR count). The summed E-state index contributed by atoms with van der Waals surface area (Å²) in [5.74, 6) is 3.07. The van der Waals surface area contributed by atoms with E-state index in [0.717, 1.165) is 24.3 Å². The first-order valence-corrected chi connectivity index (χ1v) is 8.54. The second-order valence-electron chi connectivity index (χ2n) is 6.73. The Morgan fingerprint density at radius 1 is 1.29 bits per heavy atom. The molecule has 0 saturated heterocycles. The number of hydrogen-bond acceptors (Lipinski definition) is 3. The maximum Gasteiger partial charge on any atom is 0.140 e. The molecule has 3 nitrogen and oxygen atoms in total. The van der Waals surface area contributed by atoms with Gasteiger partial charge in [0.05, 0.1) is 12.8 Å². The first kappa shape index (κ1) is 14.8. The fourth-order valence-corrected chi connectivity index (χ4v) is 3.73. The number of nitrogens with zero attached hydrogens (tertiary/aromatic N) is 1. The quantitative estimate of drug-likeness (QED) is 0.865. The van der Waals surface area contributed by atoms with E-state index < -0.39 is 0 Å². The van der Waals surface area contributed by atoms with E-state index in [1.807, 2.05) is 12.3 Å². The molecule has 0 bridgehead atoms. The third-order valence-corrected chi connectivity index (χ3v) is 5.30. The van der Waals surface area contributed by atoms with E-state index in [4.69, 9.17) is 4.74 Å². The summed E-state index contributed by atoms with van der Waals surface area (Å²) in [6, 6.07) is 4.82. The van der Waals surface area contributed by atoms with Crippen LogP contribution >= 0.6 is 0 Å².